The summed E-state index contributed by atoms with van der Waals surface area (Å²) >= 11 is 1.36. The van der Waals surface area contributed by atoms with Gasteiger partial charge in [-0.05, 0) is 43.2 Å². The summed E-state index contributed by atoms with van der Waals surface area (Å²) in [7, 11) is 0. The zero-order valence-electron chi connectivity index (χ0n) is 18.3. The van der Waals surface area contributed by atoms with Gasteiger partial charge in [0.1, 0.15) is 5.75 Å². The van der Waals surface area contributed by atoms with Crippen LogP contribution in [0.2, 0.25) is 0 Å². The van der Waals surface area contributed by atoms with E-state index in [-0.39, 0.29) is 11.8 Å². The first-order valence-electron chi connectivity index (χ1n) is 11.0. The number of benzene rings is 2. The van der Waals surface area contributed by atoms with Gasteiger partial charge in [0.2, 0.25) is 0 Å². The minimum atomic E-state index is -0.223. The molecule has 0 aliphatic carbocycles. The van der Waals surface area contributed by atoms with Crippen LogP contribution in [-0.4, -0.2) is 67.6 Å². The van der Waals surface area contributed by atoms with E-state index in [0.29, 0.717) is 23.6 Å². The number of thioether (sulfide) groups is 1. The van der Waals surface area contributed by atoms with Crippen molar-refractivity contribution < 1.29 is 19.1 Å². The lowest BCUT2D eigenvalue weighted by Gasteiger charge is -2.27. The van der Waals surface area contributed by atoms with E-state index in [0.717, 1.165) is 55.5 Å². The molecule has 0 radical (unpaired) electrons. The molecule has 32 heavy (non-hydrogen) atoms. The molecule has 2 heterocycles. The number of hydrogen-bond acceptors (Lipinski definition) is 6. The third-order valence-corrected chi connectivity index (χ3v) is 6.59. The van der Waals surface area contributed by atoms with Crippen molar-refractivity contribution in [3.63, 3.8) is 0 Å². The topological polar surface area (TPSA) is 59.1 Å². The molecule has 2 amide bonds. The maximum atomic E-state index is 13.4. The summed E-state index contributed by atoms with van der Waals surface area (Å²) in [5.41, 5.74) is 1.21. The zero-order chi connectivity index (χ0) is 22.3. The van der Waals surface area contributed by atoms with Crippen LogP contribution in [0.15, 0.2) is 64.4 Å². The normalized spacial score (nSPS) is 17.3. The maximum absolute atomic E-state index is 13.4. The molecular formula is C25H28N2O4S. The molecule has 6 nitrogen and oxygen atoms in total. The van der Waals surface area contributed by atoms with Crippen LogP contribution in [0.5, 0.6) is 5.75 Å². The number of hydrogen-bond donors (Lipinski definition) is 0. The Balaban J connectivity index is 1.54. The van der Waals surface area contributed by atoms with Crippen molar-refractivity contribution in [3.05, 3.63) is 65.1 Å². The van der Waals surface area contributed by atoms with Crippen molar-refractivity contribution in [2.24, 2.45) is 0 Å². The molecule has 1 saturated heterocycles. The Morgan fingerprint density at radius 3 is 2.34 bits per heavy atom. The molecule has 0 saturated carbocycles. The summed E-state index contributed by atoms with van der Waals surface area (Å²) in [5, 5.41) is 0. The van der Waals surface area contributed by atoms with Crippen LogP contribution in [0.1, 0.15) is 18.9 Å². The van der Waals surface area contributed by atoms with E-state index in [1.165, 1.54) is 16.7 Å². The van der Waals surface area contributed by atoms with Crippen molar-refractivity contribution in [2.45, 2.75) is 18.2 Å². The van der Waals surface area contributed by atoms with Gasteiger partial charge < -0.3 is 9.47 Å². The number of carbonyl (C=O) groups excluding carboxylic acids is 2. The number of imide groups is 1. The van der Waals surface area contributed by atoms with Gasteiger partial charge in [-0.1, -0.05) is 42.1 Å². The molecule has 0 spiro atoms. The average molecular weight is 453 g/mol. The van der Waals surface area contributed by atoms with Gasteiger partial charge in [-0.3, -0.25) is 19.4 Å². The minimum absolute atomic E-state index is 0.213. The van der Waals surface area contributed by atoms with Gasteiger partial charge in [-0.2, -0.15) is 0 Å². The van der Waals surface area contributed by atoms with Crippen LogP contribution < -0.4 is 4.74 Å². The number of ether oxygens (including phenoxy) is 2. The Bertz CT molecular complexity index is 969. The van der Waals surface area contributed by atoms with Crippen LogP contribution in [0, 0.1) is 0 Å². The molecule has 2 aromatic rings. The quantitative estimate of drug-likeness (QED) is 0.541. The molecule has 2 aliphatic rings. The van der Waals surface area contributed by atoms with Gasteiger partial charge in [0, 0.05) is 31.1 Å². The number of carbonyl (C=O) groups is 2. The van der Waals surface area contributed by atoms with E-state index < -0.39 is 0 Å². The van der Waals surface area contributed by atoms with Crippen LogP contribution >= 0.6 is 11.8 Å². The standard InChI is InChI=1S/C25H28N2O4S/c1-2-31-20-11-9-19(10-12-20)22-23(32-21-7-4-3-5-8-21)25(29)27(24(22)28)14-6-13-26-15-17-30-18-16-26/h3-5,7-12H,2,6,13-18H2,1H3. The lowest BCUT2D eigenvalue weighted by molar-refractivity contribution is -0.136. The fourth-order valence-corrected chi connectivity index (χ4v) is 4.91. The first kappa shape index (κ1) is 22.6. The van der Waals surface area contributed by atoms with Gasteiger partial charge in [0.15, 0.2) is 0 Å². The lowest BCUT2D eigenvalue weighted by Crippen LogP contribution is -2.39. The van der Waals surface area contributed by atoms with Crippen LogP contribution in [-0.2, 0) is 14.3 Å². The second-order valence-electron chi connectivity index (χ2n) is 7.65. The highest BCUT2D eigenvalue weighted by Gasteiger charge is 2.39. The van der Waals surface area contributed by atoms with Crippen molar-refractivity contribution in [2.75, 3.05) is 46.0 Å². The molecule has 0 bridgehead atoms. The SMILES string of the molecule is CCOc1ccc(C2=C(Sc3ccccc3)C(=O)N(CCCN3CCOCC3)C2=O)cc1. The predicted octanol–water partition coefficient (Wildman–Crippen LogP) is 3.68. The highest BCUT2D eigenvalue weighted by molar-refractivity contribution is 8.04. The molecule has 0 aromatic heterocycles. The Hall–Kier alpha value is -2.61. The van der Waals surface area contributed by atoms with Crippen LogP contribution in [0.4, 0.5) is 0 Å². The van der Waals surface area contributed by atoms with Gasteiger partial charge in [0.05, 0.1) is 30.3 Å². The zero-order valence-corrected chi connectivity index (χ0v) is 19.1. The van der Waals surface area contributed by atoms with Crippen molar-refractivity contribution >= 4 is 29.1 Å². The third kappa shape index (κ3) is 5.23. The van der Waals surface area contributed by atoms with Gasteiger partial charge in [0.25, 0.3) is 11.8 Å². The number of amides is 2. The monoisotopic (exact) mass is 452 g/mol. The Morgan fingerprint density at radius 2 is 1.66 bits per heavy atom. The van der Waals surface area contributed by atoms with E-state index >= 15 is 0 Å². The Morgan fingerprint density at radius 1 is 0.938 bits per heavy atom. The van der Waals surface area contributed by atoms with Crippen molar-refractivity contribution in [1.29, 1.82) is 0 Å². The van der Waals surface area contributed by atoms with Crippen LogP contribution in [0.3, 0.4) is 0 Å². The van der Waals surface area contributed by atoms with E-state index in [1.807, 2.05) is 61.5 Å². The fourth-order valence-electron chi connectivity index (χ4n) is 3.87. The maximum Gasteiger partial charge on any atom is 0.268 e. The summed E-state index contributed by atoms with van der Waals surface area (Å²) in [5.74, 6) is 0.308. The van der Waals surface area contributed by atoms with E-state index in [1.54, 1.807) is 0 Å². The molecule has 7 heteroatoms. The lowest BCUT2D eigenvalue weighted by atomic mass is 10.1. The average Bonchev–Trinajstić information content (AvgIpc) is 3.05. The minimum Gasteiger partial charge on any atom is -0.494 e. The van der Waals surface area contributed by atoms with Crippen LogP contribution in [0.25, 0.3) is 5.57 Å². The van der Waals surface area contributed by atoms with E-state index in [2.05, 4.69) is 4.90 Å². The highest BCUT2D eigenvalue weighted by atomic mass is 32.2. The van der Waals surface area contributed by atoms with Crippen molar-refractivity contribution in [1.82, 2.24) is 9.80 Å². The largest absolute Gasteiger partial charge is 0.494 e. The van der Waals surface area contributed by atoms with Gasteiger partial charge in [-0.25, -0.2) is 0 Å². The summed E-state index contributed by atoms with van der Waals surface area (Å²) in [6.45, 7) is 7.03. The Labute approximate surface area is 193 Å². The van der Waals surface area contributed by atoms with Gasteiger partial charge >= 0.3 is 0 Å². The molecule has 168 valence electrons. The Kier molecular flexibility index (Phi) is 7.63. The fraction of sp³-hybridized carbons (Fsp3) is 0.360. The molecule has 0 atom stereocenters. The first-order chi connectivity index (χ1) is 15.7. The summed E-state index contributed by atoms with van der Waals surface area (Å²) in [4.78, 5) is 31.8. The molecule has 4 rings (SSSR count). The second kappa shape index (κ2) is 10.8. The molecule has 2 aromatic carbocycles. The molecule has 0 N–H and O–H groups in total. The number of rotatable bonds is 9. The molecule has 2 aliphatic heterocycles. The predicted molar refractivity (Wildman–Crippen MR) is 125 cm³/mol. The molecular weight excluding hydrogens is 424 g/mol. The summed E-state index contributed by atoms with van der Waals surface area (Å²) in [6.07, 6.45) is 0.747. The summed E-state index contributed by atoms with van der Waals surface area (Å²) < 4.78 is 10.9. The summed E-state index contributed by atoms with van der Waals surface area (Å²) in [6, 6.07) is 17.1. The van der Waals surface area contributed by atoms with Crippen molar-refractivity contribution in [3.8, 4) is 5.75 Å². The molecule has 0 unspecified atom stereocenters. The number of morpholine rings is 1. The number of nitrogens with zero attached hydrogens (tertiary/aromatic N) is 2. The second-order valence-corrected chi connectivity index (χ2v) is 8.73. The van der Waals surface area contributed by atoms with Gasteiger partial charge in [-0.15, -0.1) is 0 Å². The van der Waals surface area contributed by atoms with E-state index in [9.17, 15) is 9.59 Å². The molecule has 1 fully saturated rings. The first-order valence-corrected chi connectivity index (χ1v) is 11.9. The smallest absolute Gasteiger partial charge is 0.268 e. The highest BCUT2D eigenvalue weighted by Crippen LogP contribution is 2.40. The van der Waals surface area contributed by atoms with E-state index in [4.69, 9.17) is 9.47 Å². The third-order valence-electron chi connectivity index (χ3n) is 5.50.